The molecule has 1 aromatic rings. The van der Waals surface area contributed by atoms with Crippen LogP contribution in [0.1, 0.15) is 24.0 Å². The lowest BCUT2D eigenvalue weighted by molar-refractivity contribution is -0.137. The number of nitrogens with zero attached hydrogens (tertiary/aromatic N) is 1. The Hall–Kier alpha value is -1.78. The summed E-state index contributed by atoms with van der Waals surface area (Å²) in [4.78, 5) is 0. The monoisotopic (exact) mass is 300 g/mol. The fourth-order valence-electron chi connectivity index (χ4n) is 2.19. The zero-order valence-electron chi connectivity index (χ0n) is 11.2. The molecule has 0 aromatic heterocycles. The Labute approximate surface area is 120 Å². The molecule has 0 atom stereocenters. The molecule has 1 fully saturated rings. The van der Waals surface area contributed by atoms with Gasteiger partial charge in [-0.3, -0.25) is 0 Å². The van der Waals surface area contributed by atoms with E-state index >= 15 is 0 Å². The summed E-state index contributed by atoms with van der Waals surface area (Å²) in [5, 5.41) is 22.0. The van der Waals surface area contributed by atoms with E-state index in [9.17, 15) is 18.3 Å². The molecule has 0 radical (unpaired) electrons. The number of nitrogens with one attached hydrogen (secondary N) is 1. The first kappa shape index (κ1) is 15.6. The van der Waals surface area contributed by atoms with Crippen LogP contribution < -0.4 is 5.32 Å². The van der Waals surface area contributed by atoms with Gasteiger partial charge in [-0.15, -0.1) is 0 Å². The first-order chi connectivity index (χ1) is 9.84. The standard InChI is InChI=1S/C14H15F3N2O2/c15-14(16,17)12-2-1-11(7-10(12)8-18)19-9-13(20)3-5-21-6-4-13/h1-2,7,19-20H,3-6,9H2. The van der Waals surface area contributed by atoms with Gasteiger partial charge in [-0.1, -0.05) is 0 Å². The van der Waals surface area contributed by atoms with E-state index in [1.807, 2.05) is 0 Å². The van der Waals surface area contributed by atoms with Gasteiger partial charge in [0.05, 0.1) is 22.8 Å². The molecular formula is C14H15F3N2O2. The smallest absolute Gasteiger partial charge is 0.388 e. The van der Waals surface area contributed by atoms with Crippen molar-refractivity contribution in [2.45, 2.75) is 24.6 Å². The first-order valence-corrected chi connectivity index (χ1v) is 6.49. The third-order valence-electron chi connectivity index (χ3n) is 3.49. The van der Waals surface area contributed by atoms with Crippen LogP contribution in [-0.2, 0) is 10.9 Å². The highest BCUT2D eigenvalue weighted by molar-refractivity contribution is 5.53. The third kappa shape index (κ3) is 3.86. The van der Waals surface area contributed by atoms with Crippen molar-refractivity contribution in [2.24, 2.45) is 0 Å². The van der Waals surface area contributed by atoms with Crippen LogP contribution in [-0.4, -0.2) is 30.5 Å². The van der Waals surface area contributed by atoms with Gasteiger partial charge in [-0.2, -0.15) is 18.4 Å². The Morgan fingerprint density at radius 1 is 1.33 bits per heavy atom. The second kappa shape index (κ2) is 5.92. The Morgan fingerprint density at radius 3 is 2.57 bits per heavy atom. The van der Waals surface area contributed by atoms with E-state index in [-0.39, 0.29) is 6.54 Å². The molecule has 0 unspecified atom stereocenters. The molecule has 0 bridgehead atoms. The first-order valence-electron chi connectivity index (χ1n) is 6.49. The van der Waals surface area contributed by atoms with Crippen molar-refractivity contribution in [3.63, 3.8) is 0 Å². The van der Waals surface area contributed by atoms with Crippen molar-refractivity contribution < 1.29 is 23.0 Å². The maximum atomic E-state index is 12.7. The van der Waals surface area contributed by atoms with Crippen LogP contribution in [0.3, 0.4) is 0 Å². The maximum absolute atomic E-state index is 12.7. The lowest BCUT2D eigenvalue weighted by atomic mass is 9.94. The highest BCUT2D eigenvalue weighted by atomic mass is 19.4. The fraction of sp³-hybridized carbons (Fsp3) is 0.500. The summed E-state index contributed by atoms with van der Waals surface area (Å²) in [7, 11) is 0. The molecule has 114 valence electrons. The van der Waals surface area contributed by atoms with Crippen LogP contribution in [0.4, 0.5) is 18.9 Å². The largest absolute Gasteiger partial charge is 0.417 e. The van der Waals surface area contributed by atoms with Crippen LogP contribution in [0.15, 0.2) is 18.2 Å². The molecule has 0 aliphatic carbocycles. The van der Waals surface area contributed by atoms with Gasteiger partial charge in [0, 0.05) is 38.3 Å². The molecule has 2 N–H and O–H groups in total. The Bertz CT molecular complexity index is 546. The van der Waals surface area contributed by atoms with Crippen molar-refractivity contribution in [1.29, 1.82) is 5.26 Å². The number of rotatable bonds is 3. The number of anilines is 1. The van der Waals surface area contributed by atoms with Crippen LogP contribution in [0.2, 0.25) is 0 Å². The second-order valence-electron chi connectivity index (χ2n) is 5.06. The van der Waals surface area contributed by atoms with E-state index in [4.69, 9.17) is 10.00 Å². The fourth-order valence-corrected chi connectivity index (χ4v) is 2.19. The van der Waals surface area contributed by atoms with E-state index < -0.39 is 22.9 Å². The number of hydrogen-bond donors (Lipinski definition) is 2. The van der Waals surface area contributed by atoms with Crippen molar-refractivity contribution in [3.05, 3.63) is 29.3 Å². The van der Waals surface area contributed by atoms with E-state index in [0.717, 1.165) is 12.1 Å². The predicted octanol–water partition coefficient (Wildman–Crippen LogP) is 2.53. The van der Waals surface area contributed by atoms with E-state index in [0.29, 0.717) is 31.7 Å². The van der Waals surface area contributed by atoms with Crippen LogP contribution in [0, 0.1) is 11.3 Å². The molecule has 2 rings (SSSR count). The minimum atomic E-state index is -4.55. The van der Waals surface area contributed by atoms with Crippen molar-refractivity contribution in [3.8, 4) is 6.07 Å². The number of halogens is 3. The van der Waals surface area contributed by atoms with Crippen LogP contribution in [0.5, 0.6) is 0 Å². The lowest BCUT2D eigenvalue weighted by Gasteiger charge is -2.32. The molecule has 21 heavy (non-hydrogen) atoms. The quantitative estimate of drug-likeness (QED) is 0.900. The van der Waals surface area contributed by atoms with Gasteiger partial charge in [0.15, 0.2) is 0 Å². The molecule has 0 saturated carbocycles. The molecule has 7 heteroatoms. The summed E-state index contributed by atoms with van der Waals surface area (Å²) in [6.45, 7) is 1.11. The number of alkyl halides is 3. The summed E-state index contributed by atoms with van der Waals surface area (Å²) in [5.41, 5.74) is -1.96. The summed E-state index contributed by atoms with van der Waals surface area (Å²) in [6.07, 6.45) is -3.63. The second-order valence-corrected chi connectivity index (χ2v) is 5.06. The molecule has 1 aliphatic heterocycles. The van der Waals surface area contributed by atoms with Crippen molar-refractivity contribution >= 4 is 5.69 Å². The zero-order chi connectivity index (χ0) is 15.5. The van der Waals surface area contributed by atoms with Gasteiger partial charge in [0.25, 0.3) is 0 Å². The summed E-state index contributed by atoms with van der Waals surface area (Å²) in [5.74, 6) is 0. The minimum Gasteiger partial charge on any atom is -0.388 e. The summed E-state index contributed by atoms with van der Waals surface area (Å²) in [6, 6.07) is 4.82. The molecule has 0 amide bonds. The predicted molar refractivity (Wildman–Crippen MR) is 69.7 cm³/mol. The van der Waals surface area contributed by atoms with Crippen LogP contribution in [0.25, 0.3) is 0 Å². The third-order valence-corrected chi connectivity index (χ3v) is 3.49. The highest BCUT2D eigenvalue weighted by Gasteiger charge is 2.34. The number of ether oxygens (including phenoxy) is 1. The van der Waals surface area contributed by atoms with Crippen molar-refractivity contribution in [2.75, 3.05) is 25.1 Å². The summed E-state index contributed by atoms with van der Waals surface area (Å²) < 4.78 is 43.2. The number of aliphatic hydroxyl groups is 1. The van der Waals surface area contributed by atoms with Crippen molar-refractivity contribution in [1.82, 2.24) is 0 Å². The Kier molecular flexibility index (Phi) is 4.40. The topological polar surface area (TPSA) is 65.3 Å². The molecule has 1 heterocycles. The summed E-state index contributed by atoms with van der Waals surface area (Å²) >= 11 is 0. The highest BCUT2D eigenvalue weighted by Crippen LogP contribution is 2.33. The molecule has 4 nitrogen and oxygen atoms in total. The average Bonchev–Trinajstić information content (AvgIpc) is 2.44. The van der Waals surface area contributed by atoms with E-state index in [2.05, 4.69) is 5.32 Å². The van der Waals surface area contributed by atoms with Gasteiger partial charge >= 0.3 is 6.18 Å². The molecule has 1 aromatic carbocycles. The molecular weight excluding hydrogens is 285 g/mol. The number of benzene rings is 1. The minimum absolute atomic E-state index is 0.201. The van der Waals surface area contributed by atoms with E-state index in [1.165, 1.54) is 6.07 Å². The van der Waals surface area contributed by atoms with Gasteiger partial charge in [0.1, 0.15) is 0 Å². The molecule has 1 aliphatic rings. The number of nitriles is 1. The SMILES string of the molecule is N#Cc1cc(NCC2(O)CCOCC2)ccc1C(F)(F)F. The van der Waals surface area contributed by atoms with Gasteiger partial charge in [0.2, 0.25) is 0 Å². The number of hydrogen-bond acceptors (Lipinski definition) is 4. The van der Waals surface area contributed by atoms with E-state index in [1.54, 1.807) is 6.07 Å². The Balaban J connectivity index is 2.10. The van der Waals surface area contributed by atoms with Gasteiger partial charge in [-0.05, 0) is 18.2 Å². The molecule has 1 saturated heterocycles. The average molecular weight is 300 g/mol. The zero-order valence-corrected chi connectivity index (χ0v) is 11.2. The lowest BCUT2D eigenvalue weighted by Crippen LogP contribution is -2.42. The normalized spacial score (nSPS) is 18.0. The maximum Gasteiger partial charge on any atom is 0.417 e. The molecule has 0 spiro atoms. The Morgan fingerprint density at radius 2 is 2.00 bits per heavy atom. The van der Waals surface area contributed by atoms with Gasteiger partial charge in [-0.25, -0.2) is 0 Å². The van der Waals surface area contributed by atoms with Gasteiger partial charge < -0.3 is 15.2 Å². The van der Waals surface area contributed by atoms with Crippen LogP contribution >= 0.6 is 0 Å².